The Bertz CT molecular complexity index is 508. The molecule has 0 atom stereocenters. The van der Waals surface area contributed by atoms with Crippen molar-refractivity contribution in [3.05, 3.63) is 22.3 Å². The van der Waals surface area contributed by atoms with Crippen LogP contribution in [0.25, 0.3) is 0 Å². The zero-order valence-electron chi connectivity index (χ0n) is 11.8. The van der Waals surface area contributed by atoms with Crippen LogP contribution >= 0.6 is 23.2 Å². The van der Waals surface area contributed by atoms with E-state index in [0.717, 1.165) is 0 Å². The van der Waals surface area contributed by atoms with E-state index in [9.17, 15) is 13.2 Å². The molecule has 1 aromatic heterocycles. The van der Waals surface area contributed by atoms with Crippen molar-refractivity contribution >= 4 is 35.0 Å². The molecule has 0 fully saturated rings. The van der Waals surface area contributed by atoms with Crippen LogP contribution < -0.4 is 16.0 Å². The maximum absolute atomic E-state index is 12.0. The van der Waals surface area contributed by atoms with Gasteiger partial charge in [-0.25, -0.2) is 4.98 Å². The molecule has 0 aliphatic heterocycles. The maximum Gasteiger partial charge on any atom is 0.390 e. The molecule has 1 heterocycles. The Morgan fingerprint density at radius 2 is 1.91 bits per heavy atom. The lowest BCUT2D eigenvalue weighted by Crippen LogP contribution is -2.40. The van der Waals surface area contributed by atoms with E-state index in [0.29, 0.717) is 34.9 Å². The van der Waals surface area contributed by atoms with Gasteiger partial charge in [-0.3, -0.25) is 4.99 Å². The number of aromatic nitrogens is 1. The average molecular weight is 358 g/mol. The van der Waals surface area contributed by atoms with Gasteiger partial charge >= 0.3 is 6.18 Å². The summed E-state index contributed by atoms with van der Waals surface area (Å²) in [4.78, 5) is 7.84. The van der Waals surface area contributed by atoms with Crippen molar-refractivity contribution in [3.8, 4) is 0 Å². The SMILES string of the molecule is CN=C(NCCNc1ncc(Cl)cc1Cl)NCCC(F)(F)F. The number of halogens is 5. The third-order valence-corrected chi connectivity index (χ3v) is 2.94. The van der Waals surface area contributed by atoms with E-state index in [1.807, 2.05) is 0 Å². The van der Waals surface area contributed by atoms with Gasteiger partial charge in [-0.15, -0.1) is 0 Å². The predicted molar refractivity (Wildman–Crippen MR) is 82.8 cm³/mol. The van der Waals surface area contributed by atoms with Crippen molar-refractivity contribution in [2.45, 2.75) is 12.6 Å². The molecule has 0 aromatic carbocycles. The number of guanidine groups is 1. The lowest BCUT2D eigenvalue weighted by Gasteiger charge is -2.13. The minimum absolute atomic E-state index is 0.235. The van der Waals surface area contributed by atoms with E-state index >= 15 is 0 Å². The van der Waals surface area contributed by atoms with E-state index in [2.05, 4.69) is 25.9 Å². The Kier molecular flexibility index (Phi) is 7.53. The maximum atomic E-state index is 12.0. The molecular formula is C12H16Cl2F3N5. The van der Waals surface area contributed by atoms with E-state index in [1.54, 1.807) is 6.07 Å². The zero-order valence-corrected chi connectivity index (χ0v) is 13.3. The Morgan fingerprint density at radius 1 is 1.23 bits per heavy atom. The number of hydrogen-bond acceptors (Lipinski definition) is 3. The number of hydrogen-bond donors (Lipinski definition) is 3. The molecule has 0 aliphatic rings. The van der Waals surface area contributed by atoms with Crippen LogP contribution in [0.2, 0.25) is 10.0 Å². The van der Waals surface area contributed by atoms with Gasteiger partial charge in [-0.05, 0) is 6.07 Å². The van der Waals surface area contributed by atoms with Gasteiger partial charge in [0.1, 0.15) is 5.82 Å². The number of anilines is 1. The molecule has 1 aromatic rings. The third-order valence-electron chi connectivity index (χ3n) is 2.44. The molecule has 0 unspecified atom stereocenters. The molecule has 0 spiro atoms. The molecule has 10 heteroatoms. The van der Waals surface area contributed by atoms with Crippen molar-refractivity contribution < 1.29 is 13.2 Å². The molecule has 0 bridgehead atoms. The van der Waals surface area contributed by atoms with Crippen LogP contribution in [0, 0.1) is 0 Å². The standard InChI is InChI=1S/C12H16Cl2F3N5/c1-18-11(20-3-2-12(15,16)17)21-5-4-19-10-9(14)6-8(13)7-22-10/h6-7H,2-5H2,1H3,(H,19,22)(H2,18,20,21). The summed E-state index contributed by atoms with van der Waals surface area (Å²) < 4.78 is 36.1. The summed E-state index contributed by atoms with van der Waals surface area (Å²) in [5, 5.41) is 9.24. The highest BCUT2D eigenvalue weighted by Gasteiger charge is 2.26. The summed E-state index contributed by atoms with van der Waals surface area (Å²) in [5.74, 6) is 0.772. The van der Waals surface area contributed by atoms with Gasteiger partial charge in [-0.1, -0.05) is 23.2 Å². The average Bonchev–Trinajstić information content (AvgIpc) is 2.42. The van der Waals surface area contributed by atoms with Gasteiger partial charge < -0.3 is 16.0 Å². The summed E-state index contributed by atoms with van der Waals surface area (Å²) in [6.07, 6.45) is -3.65. The molecule has 5 nitrogen and oxygen atoms in total. The molecule has 124 valence electrons. The predicted octanol–water partition coefficient (Wildman–Crippen LogP) is 2.92. The quantitative estimate of drug-likeness (QED) is 0.416. The first kappa shape index (κ1) is 18.6. The molecule has 3 N–H and O–H groups in total. The van der Waals surface area contributed by atoms with Gasteiger partial charge in [0.15, 0.2) is 5.96 Å². The zero-order chi connectivity index (χ0) is 16.6. The lowest BCUT2D eigenvalue weighted by molar-refractivity contribution is -0.132. The van der Waals surface area contributed by atoms with Crippen molar-refractivity contribution in [1.29, 1.82) is 0 Å². The molecule has 0 saturated carbocycles. The second kappa shape index (κ2) is 8.89. The van der Waals surface area contributed by atoms with Crippen molar-refractivity contribution in [2.24, 2.45) is 4.99 Å². The summed E-state index contributed by atoms with van der Waals surface area (Å²) >= 11 is 11.7. The number of pyridine rings is 1. The Morgan fingerprint density at radius 3 is 2.50 bits per heavy atom. The van der Waals surface area contributed by atoms with E-state index in [-0.39, 0.29) is 6.54 Å². The van der Waals surface area contributed by atoms with E-state index in [1.165, 1.54) is 13.2 Å². The monoisotopic (exact) mass is 357 g/mol. The summed E-state index contributed by atoms with van der Waals surface area (Å²) in [7, 11) is 1.48. The van der Waals surface area contributed by atoms with Crippen LogP contribution in [-0.2, 0) is 0 Å². The van der Waals surface area contributed by atoms with E-state index < -0.39 is 12.6 Å². The molecule has 1 rings (SSSR count). The second-order valence-corrected chi connectivity index (χ2v) is 5.05. The normalized spacial score (nSPS) is 12.2. The Hall–Kier alpha value is -1.41. The summed E-state index contributed by atoms with van der Waals surface area (Å²) in [6, 6.07) is 1.56. The number of nitrogens with one attached hydrogen (secondary N) is 3. The van der Waals surface area contributed by atoms with Crippen LogP contribution in [0.15, 0.2) is 17.3 Å². The van der Waals surface area contributed by atoms with Gasteiger partial charge in [0, 0.05) is 32.9 Å². The molecular weight excluding hydrogens is 342 g/mol. The number of aliphatic imine (C=N–C) groups is 1. The van der Waals surface area contributed by atoms with Gasteiger partial charge in [-0.2, -0.15) is 13.2 Å². The highest BCUT2D eigenvalue weighted by molar-refractivity contribution is 6.35. The summed E-state index contributed by atoms with van der Waals surface area (Å²) in [5.41, 5.74) is 0. The smallest absolute Gasteiger partial charge is 0.367 e. The third kappa shape index (κ3) is 7.56. The van der Waals surface area contributed by atoms with Gasteiger partial charge in [0.2, 0.25) is 0 Å². The molecule has 22 heavy (non-hydrogen) atoms. The van der Waals surface area contributed by atoms with Crippen LogP contribution in [0.3, 0.4) is 0 Å². The first-order valence-corrected chi connectivity index (χ1v) is 7.13. The lowest BCUT2D eigenvalue weighted by atomic mass is 10.4. The first-order valence-electron chi connectivity index (χ1n) is 6.38. The fourth-order valence-corrected chi connectivity index (χ4v) is 1.90. The number of alkyl halides is 3. The minimum atomic E-state index is -4.19. The largest absolute Gasteiger partial charge is 0.390 e. The van der Waals surface area contributed by atoms with Crippen LogP contribution in [0.5, 0.6) is 0 Å². The molecule has 0 radical (unpaired) electrons. The van der Waals surface area contributed by atoms with E-state index in [4.69, 9.17) is 23.2 Å². The van der Waals surface area contributed by atoms with Crippen LogP contribution in [0.1, 0.15) is 6.42 Å². The van der Waals surface area contributed by atoms with Crippen LogP contribution in [0.4, 0.5) is 19.0 Å². The van der Waals surface area contributed by atoms with Crippen LogP contribution in [-0.4, -0.2) is 43.8 Å². The van der Waals surface area contributed by atoms with Crippen molar-refractivity contribution in [3.63, 3.8) is 0 Å². The minimum Gasteiger partial charge on any atom is -0.367 e. The van der Waals surface area contributed by atoms with Crippen molar-refractivity contribution in [1.82, 2.24) is 15.6 Å². The second-order valence-electron chi connectivity index (χ2n) is 4.20. The highest BCUT2D eigenvalue weighted by atomic mass is 35.5. The fraction of sp³-hybridized carbons (Fsp3) is 0.500. The first-order chi connectivity index (χ1) is 10.3. The Balaban J connectivity index is 2.27. The molecule has 0 amide bonds. The Labute approximate surface area is 136 Å². The number of rotatable bonds is 6. The number of nitrogens with zero attached hydrogens (tertiary/aromatic N) is 2. The fourth-order valence-electron chi connectivity index (χ4n) is 1.45. The van der Waals surface area contributed by atoms with Gasteiger partial charge in [0.25, 0.3) is 0 Å². The van der Waals surface area contributed by atoms with Gasteiger partial charge in [0.05, 0.1) is 16.5 Å². The molecule has 0 aliphatic carbocycles. The van der Waals surface area contributed by atoms with Crippen molar-refractivity contribution in [2.75, 3.05) is 32.0 Å². The summed E-state index contributed by atoms with van der Waals surface area (Å²) in [6.45, 7) is 0.641. The molecule has 0 saturated heterocycles. The topological polar surface area (TPSA) is 61.3 Å². The highest BCUT2D eigenvalue weighted by Crippen LogP contribution is 2.22.